The molecular weight excluding hydrogens is 320 g/mol. The maximum atomic E-state index is 12.3. The summed E-state index contributed by atoms with van der Waals surface area (Å²) in [4.78, 5) is 19.9. The van der Waals surface area contributed by atoms with E-state index in [-0.39, 0.29) is 5.91 Å². The summed E-state index contributed by atoms with van der Waals surface area (Å²) in [7, 11) is 0. The second-order valence-corrected chi connectivity index (χ2v) is 6.95. The number of aromatic nitrogens is 1. The molecule has 1 fully saturated rings. The van der Waals surface area contributed by atoms with E-state index in [1.54, 1.807) is 17.4 Å². The third-order valence-electron chi connectivity index (χ3n) is 4.40. The number of benzene rings is 1. The highest BCUT2D eigenvalue weighted by atomic mass is 32.1. The molecule has 0 unspecified atom stereocenters. The summed E-state index contributed by atoms with van der Waals surface area (Å²) in [5.41, 5.74) is 1.75. The summed E-state index contributed by atoms with van der Waals surface area (Å²) in [5, 5.41) is 2.01. The molecule has 0 saturated carbocycles. The van der Waals surface area contributed by atoms with E-state index in [0.717, 1.165) is 47.8 Å². The van der Waals surface area contributed by atoms with Crippen LogP contribution in [0, 0.1) is 0 Å². The molecule has 0 spiro atoms. The average Bonchev–Trinajstić information content (AvgIpc) is 3.29. The van der Waals surface area contributed by atoms with Gasteiger partial charge in [-0.2, -0.15) is 0 Å². The number of hydrogen-bond donors (Lipinski definition) is 0. The third kappa shape index (κ3) is 3.12. The van der Waals surface area contributed by atoms with E-state index in [0.29, 0.717) is 5.92 Å². The standard InChI is InChI=1S/C19H18N2O2S/c22-18(8-7-15-4-3-13-24-15)21-11-9-14(10-12-21)19-20-16-5-1-2-6-17(16)23-19/h1-8,13-14H,9-12H2/b8-7+. The lowest BCUT2D eigenvalue weighted by molar-refractivity contribution is -0.127. The molecule has 1 aromatic carbocycles. The van der Waals surface area contributed by atoms with Crippen LogP contribution in [0.3, 0.4) is 0 Å². The Balaban J connectivity index is 1.38. The number of thiophene rings is 1. The topological polar surface area (TPSA) is 46.3 Å². The smallest absolute Gasteiger partial charge is 0.246 e. The van der Waals surface area contributed by atoms with Gasteiger partial charge in [-0.05, 0) is 42.5 Å². The van der Waals surface area contributed by atoms with Crippen molar-refractivity contribution < 1.29 is 9.21 Å². The molecular formula is C19H18N2O2S. The number of rotatable bonds is 3. The summed E-state index contributed by atoms with van der Waals surface area (Å²) in [5.74, 6) is 1.18. The van der Waals surface area contributed by atoms with Gasteiger partial charge in [-0.25, -0.2) is 4.98 Å². The lowest BCUT2D eigenvalue weighted by atomic mass is 9.97. The molecule has 4 rings (SSSR count). The number of amides is 1. The maximum Gasteiger partial charge on any atom is 0.246 e. The number of likely N-dealkylation sites (tertiary alicyclic amines) is 1. The first kappa shape index (κ1) is 15.1. The molecule has 2 aromatic heterocycles. The van der Waals surface area contributed by atoms with Crippen LogP contribution in [0.15, 0.2) is 52.3 Å². The number of para-hydroxylation sites is 2. The maximum absolute atomic E-state index is 12.3. The Morgan fingerprint density at radius 2 is 2.04 bits per heavy atom. The van der Waals surface area contributed by atoms with Crippen LogP contribution in [0.2, 0.25) is 0 Å². The number of oxazole rings is 1. The third-order valence-corrected chi connectivity index (χ3v) is 5.24. The molecule has 0 radical (unpaired) electrons. The molecule has 4 nitrogen and oxygen atoms in total. The minimum absolute atomic E-state index is 0.0828. The largest absolute Gasteiger partial charge is 0.440 e. The molecule has 3 aromatic rings. The molecule has 0 bridgehead atoms. The fourth-order valence-electron chi connectivity index (χ4n) is 3.06. The number of fused-ring (bicyclic) bond motifs is 1. The van der Waals surface area contributed by atoms with Crippen molar-refractivity contribution in [1.29, 1.82) is 0 Å². The van der Waals surface area contributed by atoms with Crippen molar-refractivity contribution in [2.24, 2.45) is 0 Å². The summed E-state index contributed by atoms with van der Waals surface area (Å²) in [6.07, 6.45) is 5.35. The van der Waals surface area contributed by atoms with Crippen molar-refractivity contribution in [3.63, 3.8) is 0 Å². The monoisotopic (exact) mass is 338 g/mol. The lowest BCUT2D eigenvalue weighted by Gasteiger charge is -2.29. The summed E-state index contributed by atoms with van der Waals surface area (Å²) in [6.45, 7) is 1.49. The first-order valence-electron chi connectivity index (χ1n) is 8.15. The minimum Gasteiger partial charge on any atom is -0.440 e. The van der Waals surface area contributed by atoms with Gasteiger partial charge in [0.05, 0.1) is 0 Å². The SMILES string of the molecule is O=C(/C=C/c1cccs1)N1CCC(c2nc3ccccc3o2)CC1. The predicted octanol–water partition coefficient (Wildman–Crippen LogP) is 4.31. The van der Waals surface area contributed by atoms with Gasteiger partial charge in [0.15, 0.2) is 11.5 Å². The molecule has 0 N–H and O–H groups in total. The zero-order valence-corrected chi connectivity index (χ0v) is 14.0. The van der Waals surface area contributed by atoms with Crippen molar-refractivity contribution in [3.8, 4) is 0 Å². The van der Waals surface area contributed by atoms with Gasteiger partial charge < -0.3 is 9.32 Å². The molecule has 1 aliphatic rings. The van der Waals surface area contributed by atoms with Crippen LogP contribution in [0.4, 0.5) is 0 Å². The molecule has 122 valence electrons. The van der Waals surface area contributed by atoms with Gasteiger partial charge in [0.2, 0.25) is 5.91 Å². The number of hydrogen-bond acceptors (Lipinski definition) is 4. The molecule has 24 heavy (non-hydrogen) atoms. The Kier molecular flexibility index (Phi) is 4.17. The van der Waals surface area contributed by atoms with Crippen molar-refractivity contribution in [1.82, 2.24) is 9.88 Å². The average molecular weight is 338 g/mol. The Morgan fingerprint density at radius 3 is 2.79 bits per heavy atom. The van der Waals surface area contributed by atoms with E-state index in [4.69, 9.17) is 4.42 Å². The van der Waals surface area contributed by atoms with E-state index in [2.05, 4.69) is 4.98 Å². The van der Waals surface area contributed by atoms with Crippen molar-refractivity contribution in [3.05, 3.63) is 58.6 Å². The second-order valence-electron chi connectivity index (χ2n) is 5.97. The van der Waals surface area contributed by atoms with E-state index in [1.165, 1.54) is 0 Å². The van der Waals surface area contributed by atoms with E-state index < -0.39 is 0 Å². The van der Waals surface area contributed by atoms with Gasteiger partial charge in [-0.1, -0.05) is 18.2 Å². The zero-order chi connectivity index (χ0) is 16.4. The zero-order valence-electron chi connectivity index (χ0n) is 13.2. The van der Waals surface area contributed by atoms with Gasteiger partial charge in [0, 0.05) is 30.0 Å². The molecule has 1 aliphatic heterocycles. The fraction of sp³-hybridized carbons (Fsp3) is 0.263. The van der Waals surface area contributed by atoms with E-state index in [9.17, 15) is 4.79 Å². The summed E-state index contributed by atoms with van der Waals surface area (Å²) in [6, 6.07) is 11.8. The Morgan fingerprint density at radius 1 is 1.21 bits per heavy atom. The van der Waals surface area contributed by atoms with E-state index in [1.807, 2.05) is 52.8 Å². The number of piperidine rings is 1. The Hall–Kier alpha value is -2.40. The normalized spacial score (nSPS) is 16.2. The van der Waals surface area contributed by atoms with Crippen LogP contribution in [0.5, 0.6) is 0 Å². The first-order chi connectivity index (χ1) is 11.8. The number of nitrogens with zero attached hydrogens (tertiary/aromatic N) is 2. The van der Waals surface area contributed by atoms with Gasteiger partial charge in [0.25, 0.3) is 0 Å². The van der Waals surface area contributed by atoms with Gasteiger partial charge in [-0.3, -0.25) is 4.79 Å². The summed E-state index contributed by atoms with van der Waals surface area (Å²) >= 11 is 1.63. The fourth-order valence-corrected chi connectivity index (χ4v) is 3.67. The highest BCUT2D eigenvalue weighted by Gasteiger charge is 2.26. The van der Waals surface area contributed by atoms with Crippen LogP contribution in [-0.2, 0) is 4.79 Å². The van der Waals surface area contributed by atoms with Crippen molar-refractivity contribution >= 4 is 34.4 Å². The van der Waals surface area contributed by atoms with Gasteiger partial charge in [-0.15, -0.1) is 11.3 Å². The van der Waals surface area contributed by atoms with Crippen molar-refractivity contribution in [2.45, 2.75) is 18.8 Å². The molecule has 1 saturated heterocycles. The van der Waals surface area contributed by atoms with Gasteiger partial charge >= 0.3 is 0 Å². The Labute approximate surface area is 144 Å². The number of carbonyl (C=O) groups excluding carboxylic acids is 1. The van der Waals surface area contributed by atoms with Crippen molar-refractivity contribution in [2.75, 3.05) is 13.1 Å². The minimum atomic E-state index is 0.0828. The highest BCUT2D eigenvalue weighted by Crippen LogP contribution is 2.30. The van der Waals surface area contributed by atoms with Gasteiger partial charge in [0.1, 0.15) is 5.52 Å². The molecule has 5 heteroatoms. The lowest BCUT2D eigenvalue weighted by Crippen LogP contribution is -2.36. The van der Waals surface area contributed by atoms with Crippen LogP contribution in [-0.4, -0.2) is 28.9 Å². The van der Waals surface area contributed by atoms with Crippen LogP contribution in [0.1, 0.15) is 29.5 Å². The van der Waals surface area contributed by atoms with Crippen LogP contribution >= 0.6 is 11.3 Å². The van der Waals surface area contributed by atoms with E-state index >= 15 is 0 Å². The molecule has 3 heterocycles. The molecule has 0 aliphatic carbocycles. The Bertz CT molecular complexity index is 826. The number of carbonyl (C=O) groups is 1. The molecule has 1 amide bonds. The quantitative estimate of drug-likeness (QED) is 0.669. The second kappa shape index (κ2) is 6.61. The predicted molar refractivity (Wildman–Crippen MR) is 95.9 cm³/mol. The first-order valence-corrected chi connectivity index (χ1v) is 9.03. The molecule has 0 atom stereocenters. The van der Waals surface area contributed by atoms with Crippen LogP contribution in [0.25, 0.3) is 17.2 Å². The summed E-state index contributed by atoms with van der Waals surface area (Å²) < 4.78 is 5.87. The van der Waals surface area contributed by atoms with Crippen LogP contribution < -0.4 is 0 Å². The highest BCUT2D eigenvalue weighted by molar-refractivity contribution is 7.10.